The van der Waals surface area contributed by atoms with E-state index in [1.165, 1.54) is 10.6 Å². The average molecular weight is 343 g/mol. The summed E-state index contributed by atoms with van der Waals surface area (Å²) in [6, 6.07) is 1.82. The molecule has 1 unspecified atom stereocenters. The number of carbonyl (C=O) groups excluding carboxylic acids is 1. The summed E-state index contributed by atoms with van der Waals surface area (Å²) >= 11 is 1.75. The summed E-state index contributed by atoms with van der Waals surface area (Å²) in [7, 11) is 0. The number of rotatable bonds is 2. The summed E-state index contributed by atoms with van der Waals surface area (Å²) in [4.78, 5) is 31.5. The van der Waals surface area contributed by atoms with E-state index in [0.29, 0.717) is 5.91 Å². The van der Waals surface area contributed by atoms with Gasteiger partial charge in [0, 0.05) is 49.4 Å². The van der Waals surface area contributed by atoms with Crippen molar-refractivity contribution in [3.05, 3.63) is 34.0 Å². The maximum Gasteiger partial charge on any atom is 0.226 e. The van der Waals surface area contributed by atoms with Crippen molar-refractivity contribution >= 4 is 23.2 Å². The zero-order chi connectivity index (χ0) is 16.5. The van der Waals surface area contributed by atoms with Crippen molar-refractivity contribution in [2.24, 2.45) is 5.92 Å². The minimum Gasteiger partial charge on any atom is -0.339 e. The smallest absolute Gasteiger partial charge is 0.226 e. The van der Waals surface area contributed by atoms with Crippen LogP contribution in [0.25, 0.3) is 0 Å². The number of anilines is 1. The standard InChI is InChI=1S/C17H21N5OS/c1-12-20-14-4-3-13(11-15(14)24-12)16(23)21-7-9-22(10-8-21)17-18-5-2-6-19-17/h2,5-6,13H,3-4,7-11H2,1H3. The largest absolute Gasteiger partial charge is 0.339 e. The Morgan fingerprint density at radius 1 is 1.21 bits per heavy atom. The molecule has 2 aromatic heterocycles. The van der Waals surface area contributed by atoms with Crippen LogP contribution in [0.1, 0.15) is 22.0 Å². The Kier molecular flexibility index (Phi) is 4.18. The van der Waals surface area contributed by atoms with E-state index in [2.05, 4.69) is 19.9 Å². The maximum absolute atomic E-state index is 12.9. The van der Waals surface area contributed by atoms with Crippen LogP contribution in [0.4, 0.5) is 5.95 Å². The van der Waals surface area contributed by atoms with Crippen LogP contribution in [0.15, 0.2) is 18.5 Å². The molecule has 1 atom stereocenters. The van der Waals surface area contributed by atoms with Gasteiger partial charge >= 0.3 is 0 Å². The van der Waals surface area contributed by atoms with Crippen LogP contribution in [0.3, 0.4) is 0 Å². The van der Waals surface area contributed by atoms with Crippen LogP contribution in [0.2, 0.25) is 0 Å². The third-order valence-electron chi connectivity index (χ3n) is 4.82. The zero-order valence-corrected chi connectivity index (χ0v) is 14.6. The summed E-state index contributed by atoms with van der Waals surface area (Å²) in [5.74, 6) is 1.18. The lowest BCUT2D eigenvalue weighted by Gasteiger charge is -2.37. The Balaban J connectivity index is 1.37. The first-order valence-corrected chi connectivity index (χ1v) is 9.28. The summed E-state index contributed by atoms with van der Waals surface area (Å²) in [6.45, 7) is 5.15. The van der Waals surface area contributed by atoms with Gasteiger partial charge in [-0.1, -0.05) is 0 Å². The van der Waals surface area contributed by atoms with E-state index >= 15 is 0 Å². The predicted molar refractivity (Wildman–Crippen MR) is 93.2 cm³/mol. The highest BCUT2D eigenvalue weighted by Gasteiger charge is 2.32. The van der Waals surface area contributed by atoms with Crippen molar-refractivity contribution in [2.45, 2.75) is 26.2 Å². The molecule has 0 saturated carbocycles. The maximum atomic E-state index is 12.9. The van der Waals surface area contributed by atoms with E-state index in [-0.39, 0.29) is 5.92 Å². The molecule has 1 amide bonds. The van der Waals surface area contributed by atoms with Gasteiger partial charge in [-0.25, -0.2) is 15.0 Å². The molecule has 3 heterocycles. The van der Waals surface area contributed by atoms with Gasteiger partial charge in [0.05, 0.1) is 10.7 Å². The molecule has 1 saturated heterocycles. The van der Waals surface area contributed by atoms with E-state index < -0.39 is 0 Å². The first-order valence-electron chi connectivity index (χ1n) is 8.46. The lowest BCUT2D eigenvalue weighted by Crippen LogP contribution is -2.51. The van der Waals surface area contributed by atoms with E-state index in [4.69, 9.17) is 0 Å². The second kappa shape index (κ2) is 6.47. The van der Waals surface area contributed by atoms with E-state index in [1.54, 1.807) is 23.7 Å². The zero-order valence-electron chi connectivity index (χ0n) is 13.8. The topological polar surface area (TPSA) is 62.2 Å². The highest BCUT2D eigenvalue weighted by molar-refractivity contribution is 7.11. The number of amides is 1. The van der Waals surface area contributed by atoms with Gasteiger partial charge < -0.3 is 9.80 Å². The number of nitrogens with zero attached hydrogens (tertiary/aromatic N) is 5. The molecular formula is C17H21N5OS. The number of thiazole rings is 1. The van der Waals surface area contributed by atoms with Crippen LogP contribution >= 0.6 is 11.3 Å². The van der Waals surface area contributed by atoms with E-state index in [0.717, 1.165) is 56.4 Å². The van der Waals surface area contributed by atoms with Gasteiger partial charge in [0.15, 0.2) is 0 Å². The Bertz CT molecular complexity index is 724. The molecule has 0 radical (unpaired) electrons. The summed E-state index contributed by atoms with van der Waals surface area (Å²) in [5, 5.41) is 1.12. The average Bonchev–Trinajstić information content (AvgIpc) is 3.01. The van der Waals surface area contributed by atoms with Crippen LogP contribution in [-0.2, 0) is 17.6 Å². The van der Waals surface area contributed by atoms with Gasteiger partial charge in [0.2, 0.25) is 11.9 Å². The Labute approximate surface area is 145 Å². The summed E-state index contributed by atoms with van der Waals surface area (Å²) in [6.07, 6.45) is 6.25. The summed E-state index contributed by atoms with van der Waals surface area (Å²) < 4.78 is 0. The molecule has 0 bridgehead atoms. The highest BCUT2D eigenvalue weighted by atomic mass is 32.1. The van der Waals surface area contributed by atoms with Gasteiger partial charge in [0.1, 0.15) is 0 Å². The number of aryl methyl sites for hydroxylation is 2. The van der Waals surface area contributed by atoms with Gasteiger partial charge in [0.25, 0.3) is 0 Å². The molecule has 0 spiro atoms. The van der Waals surface area contributed by atoms with Crippen molar-refractivity contribution < 1.29 is 4.79 Å². The normalized spacial score (nSPS) is 20.8. The second-order valence-corrected chi connectivity index (χ2v) is 7.69. The number of aromatic nitrogens is 3. The number of hydrogen-bond acceptors (Lipinski definition) is 6. The molecule has 2 aromatic rings. The van der Waals surface area contributed by atoms with Gasteiger partial charge in [-0.3, -0.25) is 4.79 Å². The fourth-order valence-corrected chi connectivity index (χ4v) is 4.62. The lowest BCUT2D eigenvalue weighted by molar-refractivity contribution is -0.136. The molecule has 2 aliphatic rings. The minimum atomic E-state index is 0.122. The number of piperazine rings is 1. The van der Waals surface area contributed by atoms with Crippen molar-refractivity contribution in [3.8, 4) is 0 Å². The minimum absolute atomic E-state index is 0.122. The monoisotopic (exact) mass is 343 g/mol. The highest BCUT2D eigenvalue weighted by Crippen LogP contribution is 2.31. The van der Waals surface area contributed by atoms with Crippen molar-refractivity contribution in [1.29, 1.82) is 0 Å². The van der Waals surface area contributed by atoms with Gasteiger partial charge in [-0.2, -0.15) is 0 Å². The predicted octanol–water partition coefficient (Wildman–Crippen LogP) is 1.70. The summed E-state index contributed by atoms with van der Waals surface area (Å²) in [5.41, 5.74) is 1.22. The third kappa shape index (κ3) is 3.00. The van der Waals surface area contributed by atoms with Crippen molar-refractivity contribution in [2.75, 3.05) is 31.1 Å². The molecule has 0 N–H and O–H groups in total. The van der Waals surface area contributed by atoms with Crippen molar-refractivity contribution in [3.63, 3.8) is 0 Å². The Morgan fingerprint density at radius 2 is 1.96 bits per heavy atom. The quantitative estimate of drug-likeness (QED) is 0.830. The molecule has 1 aliphatic heterocycles. The van der Waals surface area contributed by atoms with Gasteiger partial charge in [-0.05, 0) is 32.3 Å². The first kappa shape index (κ1) is 15.5. The second-order valence-electron chi connectivity index (χ2n) is 6.40. The third-order valence-corrected chi connectivity index (χ3v) is 5.86. The molecule has 6 nitrogen and oxygen atoms in total. The molecule has 24 heavy (non-hydrogen) atoms. The Hall–Kier alpha value is -2.02. The van der Waals surface area contributed by atoms with Crippen molar-refractivity contribution in [1.82, 2.24) is 19.9 Å². The molecule has 4 rings (SSSR count). The van der Waals surface area contributed by atoms with Crippen LogP contribution < -0.4 is 4.90 Å². The Morgan fingerprint density at radius 3 is 2.71 bits per heavy atom. The number of carbonyl (C=O) groups is 1. The van der Waals surface area contributed by atoms with E-state index in [9.17, 15) is 4.79 Å². The number of fused-ring (bicyclic) bond motifs is 1. The van der Waals surface area contributed by atoms with Crippen LogP contribution in [0, 0.1) is 12.8 Å². The first-order chi connectivity index (χ1) is 11.7. The fraction of sp³-hybridized carbons (Fsp3) is 0.529. The van der Waals surface area contributed by atoms with E-state index in [1.807, 2.05) is 17.9 Å². The molecule has 1 fully saturated rings. The SMILES string of the molecule is Cc1nc2c(s1)CC(C(=O)N1CCN(c3ncccn3)CC1)CC2. The molecule has 126 valence electrons. The molecule has 0 aromatic carbocycles. The molecule has 7 heteroatoms. The molecular weight excluding hydrogens is 322 g/mol. The van der Waals surface area contributed by atoms with Crippen LogP contribution in [0.5, 0.6) is 0 Å². The fourth-order valence-electron chi connectivity index (χ4n) is 3.55. The molecule has 1 aliphatic carbocycles. The van der Waals surface area contributed by atoms with Gasteiger partial charge in [-0.15, -0.1) is 11.3 Å². The number of hydrogen-bond donors (Lipinski definition) is 0. The lowest BCUT2D eigenvalue weighted by atomic mass is 9.90. The van der Waals surface area contributed by atoms with Crippen LogP contribution in [-0.4, -0.2) is 51.9 Å².